The van der Waals surface area contributed by atoms with E-state index in [-0.39, 0.29) is 17.9 Å². The molecule has 0 aliphatic carbocycles. The molecule has 6 heteroatoms. The third kappa shape index (κ3) is 2.59. The van der Waals surface area contributed by atoms with Crippen molar-refractivity contribution in [3.8, 4) is 0 Å². The van der Waals surface area contributed by atoms with Crippen molar-refractivity contribution in [2.24, 2.45) is 0 Å². The Morgan fingerprint density at radius 2 is 2.00 bits per heavy atom. The van der Waals surface area contributed by atoms with Crippen molar-refractivity contribution in [3.05, 3.63) is 34.1 Å². The zero-order valence-electron chi connectivity index (χ0n) is 10.3. The zero-order chi connectivity index (χ0) is 13.3. The molecule has 1 aromatic carbocycles. The quantitative estimate of drug-likeness (QED) is 0.600. The van der Waals surface area contributed by atoms with E-state index in [1.54, 1.807) is 0 Å². The highest BCUT2D eigenvalue weighted by molar-refractivity contribution is 5.63. The van der Waals surface area contributed by atoms with Gasteiger partial charge in [-0.1, -0.05) is 0 Å². The first-order valence-corrected chi connectivity index (χ1v) is 5.81. The molecule has 2 atom stereocenters. The van der Waals surface area contributed by atoms with E-state index in [4.69, 9.17) is 4.74 Å². The smallest absolute Gasteiger partial charge is 0.295 e. The highest BCUT2D eigenvalue weighted by Crippen LogP contribution is 2.30. The Morgan fingerprint density at radius 3 is 2.56 bits per heavy atom. The Labute approximate surface area is 104 Å². The maximum atomic E-state index is 13.1. The number of benzene rings is 1. The Balaban J connectivity index is 2.35. The Kier molecular flexibility index (Phi) is 3.47. The molecule has 5 nitrogen and oxygen atoms in total. The van der Waals surface area contributed by atoms with E-state index >= 15 is 0 Å². The number of morpholine rings is 1. The molecule has 0 amide bonds. The molecule has 0 aromatic heterocycles. The molecule has 0 bridgehead atoms. The maximum absolute atomic E-state index is 13.1. The van der Waals surface area contributed by atoms with Crippen molar-refractivity contribution < 1.29 is 14.1 Å². The molecule has 0 unspecified atom stereocenters. The minimum Gasteiger partial charge on any atom is -0.372 e. The third-order valence-electron chi connectivity index (χ3n) is 2.89. The van der Waals surface area contributed by atoms with Gasteiger partial charge in [-0.15, -0.1) is 0 Å². The van der Waals surface area contributed by atoms with E-state index < -0.39 is 10.7 Å². The van der Waals surface area contributed by atoms with Crippen molar-refractivity contribution in [1.29, 1.82) is 0 Å². The van der Waals surface area contributed by atoms with Crippen LogP contribution in [0, 0.1) is 15.9 Å². The molecule has 1 aliphatic rings. The van der Waals surface area contributed by atoms with Gasteiger partial charge in [0.1, 0.15) is 11.5 Å². The summed E-state index contributed by atoms with van der Waals surface area (Å²) in [4.78, 5) is 12.3. The predicted octanol–water partition coefficient (Wildman–Crippen LogP) is 2.35. The molecule has 1 heterocycles. The van der Waals surface area contributed by atoms with Crippen LogP contribution in [-0.4, -0.2) is 30.2 Å². The van der Waals surface area contributed by atoms with E-state index in [2.05, 4.69) is 0 Å². The second kappa shape index (κ2) is 4.89. The van der Waals surface area contributed by atoms with Gasteiger partial charge >= 0.3 is 0 Å². The number of hydrogen-bond acceptors (Lipinski definition) is 4. The number of anilines is 1. The van der Waals surface area contributed by atoms with Gasteiger partial charge in [-0.3, -0.25) is 10.1 Å². The van der Waals surface area contributed by atoms with E-state index in [0.717, 1.165) is 6.07 Å². The number of nitro groups is 1. The number of rotatable bonds is 2. The average molecular weight is 254 g/mol. The SMILES string of the molecule is C[C@@H]1CN(c2ccc(F)cc2[N+](=O)[O-])C[C@H](C)O1. The summed E-state index contributed by atoms with van der Waals surface area (Å²) in [7, 11) is 0. The maximum Gasteiger partial charge on any atom is 0.295 e. The number of nitro benzene ring substituents is 1. The molecule has 0 spiro atoms. The minimum absolute atomic E-state index is 0.00147. The van der Waals surface area contributed by atoms with Crippen LogP contribution in [0.5, 0.6) is 0 Å². The first kappa shape index (κ1) is 12.8. The predicted molar refractivity (Wildman–Crippen MR) is 65.3 cm³/mol. The zero-order valence-corrected chi connectivity index (χ0v) is 10.3. The van der Waals surface area contributed by atoms with Crippen LogP contribution in [0.15, 0.2) is 18.2 Å². The molecule has 0 N–H and O–H groups in total. The molecular formula is C12H15FN2O3. The number of halogens is 1. The topological polar surface area (TPSA) is 55.6 Å². The monoisotopic (exact) mass is 254 g/mol. The first-order chi connectivity index (χ1) is 8.47. The molecule has 1 aromatic rings. The van der Waals surface area contributed by atoms with Gasteiger partial charge in [0.05, 0.1) is 23.2 Å². The van der Waals surface area contributed by atoms with Crippen LogP contribution in [0.3, 0.4) is 0 Å². The molecule has 1 aliphatic heterocycles. The van der Waals surface area contributed by atoms with Crippen LogP contribution in [0.25, 0.3) is 0 Å². The fourth-order valence-corrected chi connectivity index (χ4v) is 2.28. The van der Waals surface area contributed by atoms with Gasteiger partial charge in [-0.2, -0.15) is 0 Å². The fraction of sp³-hybridized carbons (Fsp3) is 0.500. The highest BCUT2D eigenvalue weighted by atomic mass is 19.1. The summed E-state index contributed by atoms with van der Waals surface area (Å²) >= 11 is 0. The average Bonchev–Trinajstić information content (AvgIpc) is 2.27. The highest BCUT2D eigenvalue weighted by Gasteiger charge is 2.27. The van der Waals surface area contributed by atoms with Crippen LogP contribution >= 0.6 is 0 Å². The second-order valence-corrected chi connectivity index (χ2v) is 4.55. The van der Waals surface area contributed by atoms with E-state index in [0.29, 0.717) is 18.8 Å². The normalized spacial score (nSPS) is 24.1. The number of ether oxygens (including phenoxy) is 1. The lowest BCUT2D eigenvalue weighted by Gasteiger charge is -2.36. The van der Waals surface area contributed by atoms with Gasteiger partial charge in [0.2, 0.25) is 0 Å². The summed E-state index contributed by atoms with van der Waals surface area (Å²) in [6, 6.07) is 3.66. The van der Waals surface area contributed by atoms with Crippen molar-refractivity contribution in [2.45, 2.75) is 26.1 Å². The largest absolute Gasteiger partial charge is 0.372 e. The van der Waals surface area contributed by atoms with Crippen LogP contribution in [-0.2, 0) is 4.74 Å². The summed E-state index contributed by atoms with van der Waals surface area (Å²) in [6.07, 6.45) is -0.00295. The summed E-state index contributed by atoms with van der Waals surface area (Å²) in [5.41, 5.74) is 0.250. The van der Waals surface area contributed by atoms with E-state index in [1.165, 1.54) is 12.1 Å². The molecule has 0 saturated carbocycles. The van der Waals surface area contributed by atoms with Gasteiger partial charge in [-0.25, -0.2) is 4.39 Å². The summed E-state index contributed by atoms with van der Waals surface area (Å²) in [6.45, 7) is 4.96. The Morgan fingerprint density at radius 1 is 1.39 bits per heavy atom. The van der Waals surface area contributed by atoms with Crippen LogP contribution in [0.1, 0.15) is 13.8 Å². The second-order valence-electron chi connectivity index (χ2n) is 4.55. The molecule has 0 radical (unpaired) electrons. The Hall–Kier alpha value is -1.69. The van der Waals surface area contributed by atoms with Crippen molar-refractivity contribution >= 4 is 11.4 Å². The van der Waals surface area contributed by atoms with Gasteiger partial charge in [0.25, 0.3) is 5.69 Å². The van der Waals surface area contributed by atoms with Crippen LogP contribution < -0.4 is 4.90 Å². The van der Waals surface area contributed by atoms with E-state index in [1.807, 2.05) is 18.7 Å². The molecule has 2 rings (SSSR count). The summed E-state index contributed by atoms with van der Waals surface area (Å²) < 4.78 is 18.7. The van der Waals surface area contributed by atoms with Gasteiger partial charge < -0.3 is 9.64 Å². The third-order valence-corrected chi connectivity index (χ3v) is 2.89. The van der Waals surface area contributed by atoms with Gasteiger partial charge in [0.15, 0.2) is 0 Å². The van der Waals surface area contributed by atoms with Crippen molar-refractivity contribution in [1.82, 2.24) is 0 Å². The molecule has 18 heavy (non-hydrogen) atoms. The molecule has 98 valence electrons. The first-order valence-electron chi connectivity index (χ1n) is 5.81. The number of nitrogens with zero attached hydrogens (tertiary/aromatic N) is 2. The lowest BCUT2D eigenvalue weighted by molar-refractivity contribution is -0.384. The molecule has 1 fully saturated rings. The van der Waals surface area contributed by atoms with Crippen LogP contribution in [0.4, 0.5) is 15.8 Å². The lowest BCUT2D eigenvalue weighted by atomic mass is 10.1. The lowest BCUT2D eigenvalue weighted by Crippen LogP contribution is -2.45. The van der Waals surface area contributed by atoms with Gasteiger partial charge in [-0.05, 0) is 26.0 Å². The summed E-state index contributed by atoms with van der Waals surface area (Å²) in [5.74, 6) is -0.597. The standard InChI is InChI=1S/C12H15FN2O3/c1-8-6-14(7-9(2)18-8)11-4-3-10(13)5-12(11)15(16)17/h3-5,8-9H,6-7H2,1-2H3/t8-,9+. The van der Waals surface area contributed by atoms with E-state index in [9.17, 15) is 14.5 Å². The van der Waals surface area contributed by atoms with Crippen molar-refractivity contribution in [2.75, 3.05) is 18.0 Å². The number of hydrogen-bond donors (Lipinski definition) is 0. The molecular weight excluding hydrogens is 239 g/mol. The summed E-state index contributed by atoms with van der Waals surface area (Å²) in [5, 5.41) is 11.0. The van der Waals surface area contributed by atoms with Crippen LogP contribution in [0.2, 0.25) is 0 Å². The Bertz CT molecular complexity index is 457. The van der Waals surface area contributed by atoms with Gasteiger partial charge in [0, 0.05) is 13.1 Å². The molecule has 1 saturated heterocycles. The minimum atomic E-state index is -0.597. The van der Waals surface area contributed by atoms with Crippen molar-refractivity contribution in [3.63, 3.8) is 0 Å². The fourth-order valence-electron chi connectivity index (χ4n) is 2.28.